The summed E-state index contributed by atoms with van der Waals surface area (Å²) in [4.78, 5) is 20.8. The van der Waals surface area contributed by atoms with E-state index in [4.69, 9.17) is 5.73 Å². The van der Waals surface area contributed by atoms with Crippen molar-refractivity contribution in [3.63, 3.8) is 0 Å². The van der Waals surface area contributed by atoms with E-state index in [1.165, 1.54) is 4.68 Å². The lowest BCUT2D eigenvalue weighted by atomic mass is 9.73. The quantitative estimate of drug-likeness (QED) is 0.784. The number of hydrogen-bond acceptors (Lipinski definition) is 4. The molecular formula is C18H15N5O. The van der Waals surface area contributed by atoms with Gasteiger partial charge in [0.25, 0.3) is 0 Å². The molecule has 0 unspecified atom stereocenters. The third-order valence-electron chi connectivity index (χ3n) is 4.35. The normalized spacial score (nSPS) is 15.0. The fourth-order valence-corrected chi connectivity index (χ4v) is 3.18. The van der Waals surface area contributed by atoms with Gasteiger partial charge in [0.2, 0.25) is 0 Å². The molecule has 6 heteroatoms. The number of allylic oxidation sites excluding steroid dienone is 1. The Hall–Kier alpha value is -3.28. The molecule has 1 aliphatic rings. The summed E-state index contributed by atoms with van der Waals surface area (Å²) < 4.78 is 1.25. The highest BCUT2D eigenvalue weighted by atomic mass is 16.2. The van der Waals surface area contributed by atoms with Crippen LogP contribution >= 0.6 is 0 Å². The Morgan fingerprint density at radius 1 is 1.08 bits per heavy atom. The third-order valence-corrected chi connectivity index (χ3v) is 4.35. The highest BCUT2D eigenvalue weighted by molar-refractivity contribution is 5.76. The molecule has 0 saturated carbocycles. The van der Waals surface area contributed by atoms with Crippen LogP contribution in [0.1, 0.15) is 22.6 Å². The van der Waals surface area contributed by atoms with Crippen molar-refractivity contribution in [2.45, 2.75) is 11.8 Å². The summed E-state index contributed by atoms with van der Waals surface area (Å²) in [6.07, 6.45) is 9.71. The van der Waals surface area contributed by atoms with Gasteiger partial charge >= 0.3 is 6.03 Å². The van der Waals surface area contributed by atoms with Gasteiger partial charge in [0.1, 0.15) is 0 Å². The van der Waals surface area contributed by atoms with Crippen molar-refractivity contribution >= 4 is 12.1 Å². The van der Waals surface area contributed by atoms with Gasteiger partial charge in [0.15, 0.2) is 0 Å². The summed E-state index contributed by atoms with van der Waals surface area (Å²) in [5.41, 5.74) is 8.27. The van der Waals surface area contributed by atoms with Crippen LogP contribution in [0.2, 0.25) is 0 Å². The lowest BCUT2D eigenvalue weighted by Crippen LogP contribution is -2.35. The molecule has 0 fully saturated rings. The van der Waals surface area contributed by atoms with Gasteiger partial charge in [-0.2, -0.15) is 9.78 Å². The minimum Gasteiger partial charge on any atom is -0.350 e. The number of rotatable bonds is 2. The number of amides is 1. The molecule has 1 amide bonds. The third kappa shape index (κ3) is 2.11. The van der Waals surface area contributed by atoms with Gasteiger partial charge in [-0.05, 0) is 24.3 Å². The van der Waals surface area contributed by atoms with Gasteiger partial charge in [0.05, 0.1) is 28.7 Å². The Labute approximate surface area is 138 Å². The fourth-order valence-electron chi connectivity index (χ4n) is 3.18. The topological polar surface area (TPSA) is 86.7 Å². The maximum atomic E-state index is 11.7. The molecule has 2 N–H and O–H groups in total. The Morgan fingerprint density at radius 2 is 1.75 bits per heavy atom. The number of carbonyl (C=O) groups is 1. The molecule has 0 aromatic carbocycles. The van der Waals surface area contributed by atoms with Crippen LogP contribution in [0, 0.1) is 0 Å². The van der Waals surface area contributed by atoms with E-state index in [1.807, 2.05) is 42.5 Å². The second kappa shape index (κ2) is 5.42. The van der Waals surface area contributed by atoms with Gasteiger partial charge in [-0.1, -0.05) is 24.3 Å². The molecule has 24 heavy (non-hydrogen) atoms. The largest absolute Gasteiger partial charge is 0.350 e. The molecule has 0 bridgehead atoms. The molecule has 6 nitrogen and oxygen atoms in total. The first-order valence-electron chi connectivity index (χ1n) is 7.60. The van der Waals surface area contributed by atoms with Crippen molar-refractivity contribution in [3.8, 4) is 0 Å². The van der Waals surface area contributed by atoms with E-state index in [2.05, 4.69) is 21.1 Å². The molecule has 4 rings (SSSR count). The maximum absolute atomic E-state index is 11.7. The predicted molar refractivity (Wildman–Crippen MR) is 89.2 cm³/mol. The Kier molecular flexibility index (Phi) is 3.23. The van der Waals surface area contributed by atoms with Crippen molar-refractivity contribution < 1.29 is 4.79 Å². The van der Waals surface area contributed by atoms with Crippen molar-refractivity contribution in [1.29, 1.82) is 0 Å². The summed E-state index contributed by atoms with van der Waals surface area (Å²) in [7, 11) is 0. The smallest absolute Gasteiger partial charge is 0.339 e. The zero-order chi connectivity index (χ0) is 16.6. The van der Waals surface area contributed by atoms with E-state index in [-0.39, 0.29) is 0 Å². The average Bonchev–Trinajstić information content (AvgIpc) is 3.06. The zero-order valence-electron chi connectivity index (χ0n) is 12.8. The molecule has 118 valence electrons. The van der Waals surface area contributed by atoms with Gasteiger partial charge < -0.3 is 5.73 Å². The van der Waals surface area contributed by atoms with Gasteiger partial charge in [0, 0.05) is 24.4 Å². The standard InChI is InChI=1S/C18H15N5O/c19-17(24)23-14-11-18(8-7-13(14)12-22-23,15-5-1-3-9-20-15)16-6-2-4-10-21-16/h1-10,12H,11H2,(H2,19,24). The number of hydrogen-bond donors (Lipinski definition) is 1. The van der Waals surface area contributed by atoms with Gasteiger partial charge in [-0.15, -0.1) is 0 Å². The van der Waals surface area contributed by atoms with E-state index in [0.717, 1.165) is 22.6 Å². The number of primary amides is 1. The Morgan fingerprint density at radius 3 is 2.29 bits per heavy atom. The second-order valence-corrected chi connectivity index (χ2v) is 5.71. The number of fused-ring (bicyclic) bond motifs is 1. The van der Waals surface area contributed by atoms with Crippen LogP contribution in [-0.2, 0) is 11.8 Å². The van der Waals surface area contributed by atoms with Crippen LogP contribution in [0.15, 0.2) is 61.1 Å². The highest BCUT2D eigenvalue weighted by Crippen LogP contribution is 2.39. The van der Waals surface area contributed by atoms with Crippen molar-refractivity contribution in [2.75, 3.05) is 0 Å². The molecule has 3 aromatic heterocycles. The summed E-state index contributed by atoms with van der Waals surface area (Å²) in [5, 5.41) is 4.10. The number of nitrogens with zero attached hydrogens (tertiary/aromatic N) is 4. The predicted octanol–water partition coefficient (Wildman–Crippen LogP) is 2.16. The molecule has 3 heterocycles. The minimum absolute atomic E-state index is 0.510. The maximum Gasteiger partial charge on any atom is 0.339 e. The summed E-state index contributed by atoms with van der Waals surface area (Å²) in [6, 6.07) is 11.0. The number of aromatic nitrogens is 4. The van der Waals surface area contributed by atoms with Crippen molar-refractivity contribution in [2.24, 2.45) is 5.73 Å². The fraction of sp³-hybridized carbons (Fsp3) is 0.111. The number of nitrogens with two attached hydrogens (primary N) is 1. The van der Waals surface area contributed by atoms with Crippen molar-refractivity contribution in [3.05, 3.63) is 83.7 Å². The van der Waals surface area contributed by atoms with Crippen LogP contribution in [0.3, 0.4) is 0 Å². The van der Waals surface area contributed by atoms with E-state index in [0.29, 0.717) is 6.42 Å². The molecule has 0 saturated heterocycles. The first kappa shape index (κ1) is 14.3. The molecule has 1 aliphatic carbocycles. The average molecular weight is 317 g/mol. The van der Waals surface area contributed by atoms with Gasteiger partial charge in [-0.3, -0.25) is 9.97 Å². The van der Waals surface area contributed by atoms with Crippen LogP contribution < -0.4 is 5.73 Å². The van der Waals surface area contributed by atoms with Crippen LogP contribution in [0.4, 0.5) is 4.79 Å². The van der Waals surface area contributed by atoms with Gasteiger partial charge in [-0.25, -0.2) is 4.79 Å². The molecule has 0 spiro atoms. The van der Waals surface area contributed by atoms with E-state index in [1.54, 1.807) is 18.6 Å². The molecule has 3 aromatic rings. The molecular weight excluding hydrogens is 302 g/mol. The van der Waals surface area contributed by atoms with E-state index in [9.17, 15) is 4.79 Å². The highest BCUT2D eigenvalue weighted by Gasteiger charge is 2.39. The molecule has 0 atom stereocenters. The molecule has 0 radical (unpaired) electrons. The molecule has 0 aliphatic heterocycles. The zero-order valence-corrected chi connectivity index (χ0v) is 12.8. The van der Waals surface area contributed by atoms with E-state index >= 15 is 0 Å². The number of pyridine rings is 2. The monoisotopic (exact) mass is 317 g/mol. The van der Waals surface area contributed by atoms with Crippen LogP contribution in [-0.4, -0.2) is 25.8 Å². The minimum atomic E-state index is -0.595. The summed E-state index contributed by atoms with van der Waals surface area (Å²) in [6.45, 7) is 0. The first-order chi connectivity index (χ1) is 11.7. The van der Waals surface area contributed by atoms with Crippen molar-refractivity contribution in [1.82, 2.24) is 19.7 Å². The summed E-state index contributed by atoms with van der Waals surface area (Å²) in [5.74, 6) is 0. The Bertz CT molecular complexity index is 876. The van der Waals surface area contributed by atoms with E-state index < -0.39 is 11.4 Å². The number of carbonyl (C=O) groups excluding carboxylic acids is 1. The lowest BCUT2D eigenvalue weighted by molar-refractivity contribution is 0.246. The second-order valence-electron chi connectivity index (χ2n) is 5.71. The first-order valence-corrected chi connectivity index (χ1v) is 7.60. The van der Waals surface area contributed by atoms with Crippen LogP contribution in [0.25, 0.3) is 6.08 Å². The van der Waals surface area contributed by atoms with Crippen LogP contribution in [0.5, 0.6) is 0 Å². The summed E-state index contributed by atoms with van der Waals surface area (Å²) >= 11 is 0. The lowest BCUT2D eigenvalue weighted by Gasteiger charge is -2.32. The Balaban J connectivity index is 1.93. The SMILES string of the molecule is NC(=O)n1ncc2c1CC(c1ccccn1)(c1ccccn1)C=C2.